The molecule has 3 N–H and O–H groups in total. The van der Waals surface area contributed by atoms with Crippen LogP contribution >= 0.6 is 11.3 Å². The van der Waals surface area contributed by atoms with Crippen LogP contribution in [0.4, 0.5) is 0 Å². The van der Waals surface area contributed by atoms with Gasteiger partial charge in [-0.05, 0) is 65.2 Å². The van der Waals surface area contributed by atoms with Crippen molar-refractivity contribution in [3.05, 3.63) is 34.5 Å². The van der Waals surface area contributed by atoms with Crippen LogP contribution in [0.2, 0.25) is 0 Å². The minimum Gasteiger partial charge on any atom is -0.505 e. The summed E-state index contributed by atoms with van der Waals surface area (Å²) in [6.45, 7) is 14.2. The molecule has 2 heterocycles. The van der Waals surface area contributed by atoms with Gasteiger partial charge in [0.15, 0.2) is 5.69 Å². The highest BCUT2D eigenvalue weighted by Crippen LogP contribution is 2.34. The fourth-order valence-electron chi connectivity index (χ4n) is 3.18. The van der Waals surface area contributed by atoms with Gasteiger partial charge in [0, 0.05) is 35.0 Å². The third-order valence-corrected chi connectivity index (χ3v) is 6.27. The van der Waals surface area contributed by atoms with Crippen molar-refractivity contribution in [3.8, 4) is 16.2 Å². The predicted octanol–water partition coefficient (Wildman–Crippen LogP) is 5.61. The minimum absolute atomic E-state index is 0.0598. The first-order valence-electron chi connectivity index (χ1n) is 12.1. The molecule has 0 aromatic carbocycles. The van der Waals surface area contributed by atoms with Crippen molar-refractivity contribution in [1.82, 2.24) is 10.3 Å². The van der Waals surface area contributed by atoms with Gasteiger partial charge in [-0.15, -0.1) is 11.3 Å². The first-order chi connectivity index (χ1) is 16.6. The SMILES string of the molecule is CC(=O)OC(C)(C)C.CCCc1cc(-c2cnc(C(=O)NCC(C)(C)C(=O)O)c(O)c2)sc1CCC. The summed E-state index contributed by atoms with van der Waals surface area (Å²) in [5, 5.41) is 22.0. The Balaban J connectivity index is 0.000000697. The number of hydrogen-bond donors (Lipinski definition) is 3. The Labute approximate surface area is 218 Å². The molecule has 0 atom stereocenters. The van der Waals surface area contributed by atoms with Gasteiger partial charge in [0.1, 0.15) is 11.4 Å². The molecular weight excluding hydrogens is 480 g/mol. The maximum absolute atomic E-state index is 12.3. The number of carboxylic acids is 1. The molecular formula is C27H40N2O6S. The van der Waals surface area contributed by atoms with Crippen LogP contribution in [-0.4, -0.2) is 45.2 Å². The molecule has 0 aliphatic heterocycles. The molecule has 1 amide bonds. The van der Waals surface area contributed by atoms with E-state index in [1.165, 1.54) is 31.2 Å². The van der Waals surface area contributed by atoms with E-state index in [1.807, 2.05) is 20.8 Å². The van der Waals surface area contributed by atoms with E-state index in [9.17, 15) is 19.5 Å². The predicted molar refractivity (Wildman–Crippen MR) is 142 cm³/mol. The Morgan fingerprint density at radius 1 is 1.06 bits per heavy atom. The second-order valence-electron chi connectivity index (χ2n) is 10.2. The average Bonchev–Trinajstić information content (AvgIpc) is 3.13. The molecule has 2 rings (SSSR count). The van der Waals surface area contributed by atoms with Crippen LogP contribution in [0.15, 0.2) is 18.3 Å². The van der Waals surface area contributed by atoms with Crippen LogP contribution in [0.1, 0.15) is 89.2 Å². The van der Waals surface area contributed by atoms with E-state index in [1.54, 1.807) is 23.6 Å². The molecule has 200 valence electrons. The lowest BCUT2D eigenvalue weighted by molar-refractivity contribution is -0.152. The minimum atomic E-state index is -1.10. The lowest BCUT2D eigenvalue weighted by Gasteiger charge is -2.19. The molecule has 0 fully saturated rings. The number of carbonyl (C=O) groups is 3. The highest BCUT2D eigenvalue weighted by molar-refractivity contribution is 7.15. The van der Waals surface area contributed by atoms with Crippen LogP contribution in [-0.2, 0) is 27.2 Å². The number of nitrogens with zero attached hydrogens (tertiary/aromatic N) is 1. The molecule has 8 nitrogen and oxygen atoms in total. The number of nitrogens with one attached hydrogen (secondary N) is 1. The second-order valence-corrected chi connectivity index (χ2v) is 11.4. The molecule has 0 aliphatic carbocycles. The van der Waals surface area contributed by atoms with Gasteiger partial charge in [0.05, 0.1) is 5.41 Å². The maximum atomic E-state index is 12.3. The Morgan fingerprint density at radius 3 is 2.11 bits per heavy atom. The molecule has 0 unspecified atom stereocenters. The number of aliphatic carboxylic acids is 1. The van der Waals surface area contributed by atoms with Crippen molar-refractivity contribution < 1.29 is 29.3 Å². The third-order valence-electron chi connectivity index (χ3n) is 4.98. The smallest absolute Gasteiger partial charge is 0.310 e. The summed E-state index contributed by atoms with van der Waals surface area (Å²) in [6, 6.07) is 3.69. The number of ether oxygens (including phenoxy) is 1. The number of aromatic nitrogens is 1. The molecule has 0 saturated heterocycles. The average molecular weight is 521 g/mol. The first kappa shape index (κ1) is 31.1. The van der Waals surface area contributed by atoms with E-state index in [2.05, 4.69) is 30.2 Å². The molecule has 0 aliphatic rings. The Hall–Kier alpha value is -2.94. The zero-order valence-electron chi connectivity index (χ0n) is 22.7. The fraction of sp³-hybridized carbons (Fsp3) is 0.556. The normalized spacial score (nSPS) is 11.3. The topological polar surface area (TPSA) is 126 Å². The monoisotopic (exact) mass is 520 g/mol. The third kappa shape index (κ3) is 9.97. The van der Waals surface area contributed by atoms with E-state index < -0.39 is 17.3 Å². The van der Waals surface area contributed by atoms with Gasteiger partial charge in [0.25, 0.3) is 5.91 Å². The van der Waals surface area contributed by atoms with Crippen molar-refractivity contribution in [2.75, 3.05) is 6.54 Å². The van der Waals surface area contributed by atoms with Gasteiger partial charge in [-0.25, -0.2) is 4.98 Å². The van der Waals surface area contributed by atoms with E-state index in [0.717, 1.165) is 36.1 Å². The molecule has 0 radical (unpaired) electrons. The van der Waals surface area contributed by atoms with Gasteiger partial charge in [0.2, 0.25) is 0 Å². The number of rotatable bonds is 9. The van der Waals surface area contributed by atoms with Crippen molar-refractivity contribution in [2.24, 2.45) is 5.41 Å². The molecule has 2 aromatic rings. The van der Waals surface area contributed by atoms with E-state index in [4.69, 9.17) is 9.84 Å². The number of pyridine rings is 1. The van der Waals surface area contributed by atoms with Crippen LogP contribution < -0.4 is 5.32 Å². The quantitative estimate of drug-likeness (QED) is 0.367. The Kier molecular flexibility index (Phi) is 11.6. The summed E-state index contributed by atoms with van der Waals surface area (Å²) < 4.78 is 4.80. The van der Waals surface area contributed by atoms with Crippen molar-refractivity contribution >= 4 is 29.2 Å². The number of thiophene rings is 1. The summed E-state index contributed by atoms with van der Waals surface area (Å²) in [6.07, 6.45) is 5.77. The Bertz CT molecular complexity index is 1030. The zero-order valence-corrected chi connectivity index (χ0v) is 23.5. The first-order valence-corrected chi connectivity index (χ1v) is 12.9. The molecule has 0 spiro atoms. The maximum Gasteiger partial charge on any atom is 0.310 e. The van der Waals surface area contributed by atoms with Crippen LogP contribution in [0.25, 0.3) is 10.4 Å². The van der Waals surface area contributed by atoms with Crippen LogP contribution in [0.5, 0.6) is 5.75 Å². The summed E-state index contributed by atoms with van der Waals surface area (Å²) in [5.41, 5.74) is 0.564. The number of esters is 1. The molecule has 0 saturated carbocycles. The van der Waals surface area contributed by atoms with Crippen LogP contribution in [0.3, 0.4) is 0 Å². The van der Waals surface area contributed by atoms with Crippen molar-refractivity contribution in [1.29, 1.82) is 0 Å². The van der Waals surface area contributed by atoms with Gasteiger partial charge in [-0.1, -0.05) is 26.7 Å². The fourth-order valence-corrected chi connectivity index (χ4v) is 4.48. The lowest BCUT2D eigenvalue weighted by atomic mass is 9.94. The number of aromatic hydroxyl groups is 1. The van der Waals surface area contributed by atoms with Gasteiger partial charge >= 0.3 is 11.9 Å². The van der Waals surface area contributed by atoms with Crippen molar-refractivity contribution in [2.45, 2.75) is 86.7 Å². The summed E-state index contributed by atoms with van der Waals surface area (Å²) in [7, 11) is 0. The summed E-state index contributed by atoms with van der Waals surface area (Å²) >= 11 is 1.70. The molecule has 9 heteroatoms. The van der Waals surface area contributed by atoms with Gasteiger partial charge in [-0.2, -0.15) is 0 Å². The van der Waals surface area contributed by atoms with E-state index in [-0.39, 0.29) is 29.6 Å². The molecule has 2 aromatic heterocycles. The van der Waals surface area contributed by atoms with E-state index in [0.29, 0.717) is 0 Å². The number of carboxylic acid groups (broad SMARTS) is 1. The molecule has 0 bridgehead atoms. The lowest BCUT2D eigenvalue weighted by Crippen LogP contribution is -2.39. The van der Waals surface area contributed by atoms with Gasteiger partial charge in [-0.3, -0.25) is 14.4 Å². The highest BCUT2D eigenvalue weighted by atomic mass is 32.1. The van der Waals surface area contributed by atoms with Gasteiger partial charge < -0.3 is 20.3 Å². The number of carbonyl (C=O) groups excluding carboxylic acids is 2. The Morgan fingerprint density at radius 2 is 1.67 bits per heavy atom. The van der Waals surface area contributed by atoms with E-state index >= 15 is 0 Å². The van der Waals surface area contributed by atoms with Crippen LogP contribution in [0, 0.1) is 5.41 Å². The summed E-state index contributed by atoms with van der Waals surface area (Å²) in [4.78, 5) is 40.2. The molecule has 36 heavy (non-hydrogen) atoms. The summed E-state index contributed by atoms with van der Waals surface area (Å²) in [5.74, 6) is -2.05. The standard InChI is InChI=1S/C21H28N2O4S.C6H12O2/c1-5-7-13-10-17(28-16(13)8-6-2)14-9-15(24)18(22-11-14)19(25)23-12-21(3,4)20(26)27;1-5(7)8-6(2,3)4/h9-11,24H,5-8,12H2,1-4H3,(H,23,25)(H,26,27);1-4H3. The number of amides is 1. The number of aryl methyl sites for hydroxylation is 2. The van der Waals surface area contributed by atoms with Crippen molar-refractivity contribution in [3.63, 3.8) is 0 Å². The second kappa shape index (κ2) is 13.4. The number of hydrogen-bond acceptors (Lipinski definition) is 7. The highest BCUT2D eigenvalue weighted by Gasteiger charge is 2.28. The largest absolute Gasteiger partial charge is 0.505 e. The zero-order chi connectivity index (χ0) is 27.7.